The Morgan fingerprint density at radius 2 is 2.14 bits per heavy atom. The van der Waals surface area contributed by atoms with Crippen molar-refractivity contribution in [3.05, 3.63) is 0 Å². The quantitative estimate of drug-likeness (QED) is 0.339. The fourth-order valence-corrected chi connectivity index (χ4v) is 4.31. The largest absolute Gasteiger partial charge is 0.409 e. The van der Waals surface area contributed by atoms with Gasteiger partial charge in [0.1, 0.15) is 0 Å². The Kier molecular flexibility index (Phi) is 6.17. The number of thioether (sulfide) groups is 1. The number of nitrogens with two attached hydrogens (primary N) is 1. The molecule has 2 aliphatic heterocycles. The van der Waals surface area contributed by atoms with Crippen LogP contribution in [0.15, 0.2) is 5.16 Å². The fraction of sp³-hybridized carbons (Fsp3) is 0.857. The first kappa shape index (κ1) is 16.4. The van der Waals surface area contributed by atoms with Crippen LogP contribution in [0.2, 0.25) is 0 Å². The van der Waals surface area contributed by atoms with Crippen LogP contribution in [0.5, 0.6) is 0 Å². The van der Waals surface area contributed by atoms with Crippen molar-refractivity contribution in [1.29, 1.82) is 0 Å². The van der Waals surface area contributed by atoms with E-state index >= 15 is 0 Å². The first-order chi connectivity index (χ1) is 10.2. The van der Waals surface area contributed by atoms with E-state index in [1.54, 1.807) is 0 Å². The Balaban J connectivity index is 1.87. The first-order valence-electron chi connectivity index (χ1n) is 7.75. The van der Waals surface area contributed by atoms with Crippen LogP contribution in [-0.2, 0) is 4.79 Å². The number of piperazine rings is 1. The number of rotatable bonds is 5. The Labute approximate surface area is 130 Å². The lowest BCUT2D eigenvalue weighted by Crippen LogP contribution is -2.56. The molecule has 120 valence electrons. The van der Waals surface area contributed by atoms with Gasteiger partial charge >= 0.3 is 0 Å². The summed E-state index contributed by atoms with van der Waals surface area (Å²) in [7, 11) is 0. The molecule has 0 bridgehead atoms. The van der Waals surface area contributed by atoms with E-state index < -0.39 is 0 Å². The zero-order chi connectivity index (χ0) is 15.2. The number of oxime groups is 1. The lowest BCUT2D eigenvalue weighted by Gasteiger charge is -2.39. The predicted molar refractivity (Wildman–Crippen MR) is 85.7 cm³/mol. The predicted octanol–water partition coefficient (Wildman–Crippen LogP) is 0.799. The van der Waals surface area contributed by atoms with Crippen LogP contribution >= 0.6 is 11.8 Å². The Morgan fingerprint density at radius 1 is 1.43 bits per heavy atom. The number of carbonyl (C=O) groups is 1. The van der Waals surface area contributed by atoms with Gasteiger partial charge in [-0.2, -0.15) is 11.8 Å². The minimum atomic E-state index is -0.0145. The van der Waals surface area contributed by atoms with Gasteiger partial charge in [0.2, 0.25) is 5.91 Å². The van der Waals surface area contributed by atoms with Gasteiger partial charge in [-0.05, 0) is 18.6 Å². The van der Waals surface area contributed by atoms with Gasteiger partial charge < -0.3 is 15.8 Å². The number of nitrogens with zero attached hydrogens (tertiary/aromatic N) is 3. The molecule has 0 spiro atoms. The maximum Gasteiger partial charge on any atom is 0.226 e. The molecule has 21 heavy (non-hydrogen) atoms. The average Bonchev–Trinajstić information content (AvgIpc) is 3.06. The highest BCUT2D eigenvalue weighted by atomic mass is 32.2. The molecule has 0 aliphatic carbocycles. The van der Waals surface area contributed by atoms with Crippen molar-refractivity contribution < 1.29 is 10.0 Å². The molecule has 0 aromatic carbocycles. The summed E-state index contributed by atoms with van der Waals surface area (Å²) in [6, 6.07) is -0.0145. The van der Waals surface area contributed by atoms with Crippen LogP contribution in [0.3, 0.4) is 0 Å². The van der Waals surface area contributed by atoms with Gasteiger partial charge in [0.05, 0.1) is 6.04 Å². The molecule has 3 N–H and O–H groups in total. The molecule has 0 radical (unpaired) electrons. The lowest BCUT2D eigenvalue weighted by atomic mass is 10.1. The Morgan fingerprint density at radius 3 is 2.67 bits per heavy atom. The maximum atomic E-state index is 12.4. The second kappa shape index (κ2) is 7.89. The standard InChI is InChI=1S/C14H26N4O2S/c1-2-3-12(13(15)16-20)17-5-7-18(8-6-17)14(19)11-4-9-21-10-11/h11-12,20H,2-10H2,1H3,(H2,15,16). The summed E-state index contributed by atoms with van der Waals surface area (Å²) >= 11 is 1.88. The van der Waals surface area contributed by atoms with Crippen LogP contribution in [0.4, 0.5) is 0 Å². The molecule has 2 atom stereocenters. The monoisotopic (exact) mass is 314 g/mol. The van der Waals surface area contributed by atoms with Gasteiger partial charge in [0.15, 0.2) is 5.84 Å². The molecule has 7 heteroatoms. The van der Waals surface area contributed by atoms with Crippen molar-refractivity contribution in [1.82, 2.24) is 9.80 Å². The van der Waals surface area contributed by atoms with Crippen LogP contribution in [-0.4, -0.2) is 70.5 Å². The summed E-state index contributed by atoms with van der Waals surface area (Å²) in [6.45, 7) is 5.19. The summed E-state index contributed by atoms with van der Waals surface area (Å²) in [6.07, 6.45) is 2.88. The molecule has 0 saturated carbocycles. The van der Waals surface area contributed by atoms with E-state index in [1.165, 1.54) is 0 Å². The van der Waals surface area contributed by atoms with Crippen molar-refractivity contribution in [2.75, 3.05) is 37.7 Å². The lowest BCUT2D eigenvalue weighted by molar-refractivity contribution is -0.136. The van der Waals surface area contributed by atoms with Crippen LogP contribution in [0, 0.1) is 5.92 Å². The van der Waals surface area contributed by atoms with Crippen molar-refractivity contribution in [2.45, 2.75) is 32.2 Å². The topological polar surface area (TPSA) is 82.2 Å². The molecule has 6 nitrogen and oxygen atoms in total. The minimum absolute atomic E-state index is 0.0145. The number of amides is 1. The van der Waals surface area contributed by atoms with E-state index in [4.69, 9.17) is 10.9 Å². The molecule has 2 unspecified atom stereocenters. The van der Waals surface area contributed by atoms with Crippen LogP contribution in [0.25, 0.3) is 0 Å². The van der Waals surface area contributed by atoms with Gasteiger partial charge in [-0.25, -0.2) is 0 Å². The highest BCUT2D eigenvalue weighted by Crippen LogP contribution is 2.25. The van der Waals surface area contributed by atoms with Crippen molar-refractivity contribution >= 4 is 23.5 Å². The second-order valence-electron chi connectivity index (χ2n) is 5.75. The Bertz CT molecular complexity index is 377. The molecule has 2 saturated heterocycles. The molecular weight excluding hydrogens is 288 g/mol. The second-order valence-corrected chi connectivity index (χ2v) is 6.90. The maximum absolute atomic E-state index is 12.4. The molecular formula is C14H26N4O2S. The van der Waals surface area contributed by atoms with Gasteiger partial charge in [0, 0.05) is 37.8 Å². The smallest absolute Gasteiger partial charge is 0.226 e. The zero-order valence-corrected chi connectivity index (χ0v) is 13.5. The average molecular weight is 314 g/mol. The van der Waals surface area contributed by atoms with Crippen molar-refractivity contribution in [2.24, 2.45) is 16.8 Å². The normalized spacial score (nSPS) is 26.0. The first-order valence-corrected chi connectivity index (χ1v) is 8.90. The van der Waals surface area contributed by atoms with Crippen molar-refractivity contribution in [3.8, 4) is 0 Å². The number of hydrogen-bond donors (Lipinski definition) is 2. The third-order valence-corrected chi connectivity index (χ3v) is 5.53. The summed E-state index contributed by atoms with van der Waals surface area (Å²) < 4.78 is 0. The van der Waals surface area contributed by atoms with Gasteiger partial charge in [0.25, 0.3) is 0 Å². The molecule has 2 aliphatic rings. The third-order valence-electron chi connectivity index (χ3n) is 4.36. The third kappa shape index (κ3) is 4.03. The summed E-state index contributed by atoms with van der Waals surface area (Å²) in [5, 5.41) is 12.1. The van der Waals surface area contributed by atoms with Gasteiger partial charge in [-0.3, -0.25) is 9.69 Å². The van der Waals surface area contributed by atoms with Gasteiger partial charge in [-0.15, -0.1) is 0 Å². The zero-order valence-electron chi connectivity index (χ0n) is 12.7. The SMILES string of the molecule is CCCC(C(N)=NO)N1CCN(C(=O)C2CCSC2)CC1. The van der Waals surface area contributed by atoms with Crippen LogP contribution in [0.1, 0.15) is 26.2 Å². The number of hydrogen-bond acceptors (Lipinski definition) is 5. The fourth-order valence-electron chi connectivity index (χ4n) is 3.10. The highest BCUT2D eigenvalue weighted by Gasteiger charge is 2.32. The minimum Gasteiger partial charge on any atom is -0.409 e. The summed E-state index contributed by atoms with van der Waals surface area (Å²) in [5.74, 6) is 2.90. The molecule has 0 aromatic rings. The summed E-state index contributed by atoms with van der Waals surface area (Å²) in [4.78, 5) is 16.6. The van der Waals surface area contributed by atoms with Crippen LogP contribution < -0.4 is 5.73 Å². The molecule has 2 fully saturated rings. The van der Waals surface area contributed by atoms with E-state index in [0.717, 1.165) is 56.9 Å². The molecule has 0 aromatic heterocycles. The highest BCUT2D eigenvalue weighted by molar-refractivity contribution is 7.99. The number of carbonyl (C=O) groups excluding carboxylic acids is 1. The summed E-state index contributed by atoms with van der Waals surface area (Å²) in [5.41, 5.74) is 5.80. The van der Waals surface area contributed by atoms with E-state index in [2.05, 4.69) is 17.0 Å². The van der Waals surface area contributed by atoms with E-state index in [1.807, 2.05) is 16.7 Å². The molecule has 1 amide bonds. The van der Waals surface area contributed by atoms with E-state index in [9.17, 15) is 4.79 Å². The molecule has 2 heterocycles. The van der Waals surface area contributed by atoms with E-state index in [-0.39, 0.29) is 17.8 Å². The Hall–Kier alpha value is -0.950. The van der Waals surface area contributed by atoms with E-state index in [0.29, 0.717) is 5.91 Å². The number of amidine groups is 1. The van der Waals surface area contributed by atoms with Crippen molar-refractivity contribution in [3.63, 3.8) is 0 Å². The van der Waals surface area contributed by atoms with Gasteiger partial charge in [-0.1, -0.05) is 18.5 Å². The molecule has 2 rings (SSSR count).